The van der Waals surface area contributed by atoms with Crippen molar-refractivity contribution in [3.63, 3.8) is 0 Å². The van der Waals surface area contributed by atoms with Crippen LogP contribution in [0.5, 0.6) is 0 Å². The van der Waals surface area contributed by atoms with Crippen LogP contribution in [0.1, 0.15) is 22.3 Å². The van der Waals surface area contributed by atoms with E-state index in [2.05, 4.69) is 334 Å². The molecular formula is C79H52N4. The van der Waals surface area contributed by atoms with Crippen LogP contribution >= 0.6 is 0 Å². The minimum atomic E-state index is -0.728. The molecule has 4 heterocycles. The van der Waals surface area contributed by atoms with Crippen LogP contribution < -0.4 is 9.80 Å². The summed E-state index contributed by atoms with van der Waals surface area (Å²) in [6.45, 7) is 0. The van der Waals surface area contributed by atoms with E-state index in [9.17, 15) is 0 Å². The highest BCUT2D eigenvalue weighted by Gasteiger charge is 2.52. The molecule has 0 radical (unpaired) electrons. The summed E-state index contributed by atoms with van der Waals surface area (Å²) in [6, 6.07) is 117. The summed E-state index contributed by atoms with van der Waals surface area (Å²) < 4.78 is 4.78. The van der Waals surface area contributed by atoms with Gasteiger partial charge < -0.3 is 18.9 Å². The van der Waals surface area contributed by atoms with E-state index in [1.807, 2.05) is 0 Å². The molecule has 388 valence electrons. The van der Waals surface area contributed by atoms with E-state index in [0.717, 1.165) is 51.1 Å². The Hall–Kier alpha value is -10.9. The Morgan fingerprint density at radius 2 is 0.518 bits per heavy atom. The molecule has 2 aliphatic rings. The van der Waals surface area contributed by atoms with E-state index in [1.165, 1.54) is 93.7 Å². The highest BCUT2D eigenvalue weighted by atomic mass is 15.2. The molecule has 0 atom stereocenters. The van der Waals surface area contributed by atoms with Crippen molar-refractivity contribution in [2.24, 2.45) is 0 Å². The third-order valence-electron chi connectivity index (χ3n) is 17.7. The first-order valence-corrected chi connectivity index (χ1v) is 28.7. The number of benzene rings is 13. The van der Waals surface area contributed by atoms with Crippen LogP contribution in [0.4, 0.5) is 34.1 Å². The Bertz CT molecular complexity index is 4970. The number of nitrogens with zero attached hydrogens (tertiary/aromatic N) is 4. The Kier molecular flexibility index (Phi) is 10.5. The summed E-state index contributed by atoms with van der Waals surface area (Å²) in [7, 11) is 0. The second-order valence-corrected chi connectivity index (χ2v) is 22.0. The van der Waals surface area contributed by atoms with E-state index in [1.54, 1.807) is 0 Å². The predicted octanol–water partition coefficient (Wildman–Crippen LogP) is 20.8. The minimum absolute atomic E-state index is 0.728. The molecule has 0 amide bonds. The molecule has 0 fully saturated rings. The first-order chi connectivity index (χ1) is 41.2. The van der Waals surface area contributed by atoms with E-state index < -0.39 is 5.41 Å². The highest BCUT2D eigenvalue weighted by Crippen LogP contribution is 2.64. The van der Waals surface area contributed by atoms with Gasteiger partial charge in [0.05, 0.1) is 50.2 Å². The molecule has 83 heavy (non-hydrogen) atoms. The molecule has 15 aromatic rings. The molecule has 1 spiro atoms. The molecule has 2 aromatic heterocycles. The van der Waals surface area contributed by atoms with Crippen molar-refractivity contribution < 1.29 is 0 Å². The molecule has 0 aliphatic carbocycles. The van der Waals surface area contributed by atoms with Crippen molar-refractivity contribution in [1.29, 1.82) is 0 Å². The predicted molar refractivity (Wildman–Crippen MR) is 346 cm³/mol. The maximum atomic E-state index is 2.52. The Morgan fingerprint density at radius 3 is 1.00 bits per heavy atom. The monoisotopic (exact) mass is 1060 g/mol. The molecule has 0 saturated heterocycles. The zero-order chi connectivity index (χ0) is 54.6. The topological polar surface area (TPSA) is 16.3 Å². The van der Waals surface area contributed by atoms with Crippen LogP contribution in [-0.2, 0) is 5.41 Å². The normalized spacial score (nSPS) is 13.1. The number of para-hydroxylation sites is 7. The average molecular weight is 1060 g/mol. The first-order valence-electron chi connectivity index (χ1n) is 28.7. The van der Waals surface area contributed by atoms with Gasteiger partial charge in [0.25, 0.3) is 0 Å². The third kappa shape index (κ3) is 7.06. The fraction of sp³-hybridized carbons (Fsp3) is 0.0127. The highest BCUT2D eigenvalue weighted by molar-refractivity contribution is 6.12. The summed E-state index contributed by atoms with van der Waals surface area (Å²) in [5.41, 5.74) is 25.2. The lowest BCUT2D eigenvalue weighted by Gasteiger charge is -2.51. The molecule has 0 unspecified atom stereocenters. The van der Waals surface area contributed by atoms with Gasteiger partial charge >= 0.3 is 0 Å². The van der Waals surface area contributed by atoms with Gasteiger partial charge in [-0.2, -0.15) is 0 Å². The third-order valence-corrected chi connectivity index (χ3v) is 17.7. The summed E-state index contributed by atoms with van der Waals surface area (Å²) in [4.78, 5) is 4.99. The van der Waals surface area contributed by atoms with Crippen molar-refractivity contribution in [2.75, 3.05) is 9.80 Å². The Labute approximate surface area is 481 Å². The summed E-state index contributed by atoms with van der Waals surface area (Å²) in [5.74, 6) is 0. The zero-order valence-corrected chi connectivity index (χ0v) is 45.3. The summed E-state index contributed by atoms with van der Waals surface area (Å²) in [5, 5.41) is 4.94. The van der Waals surface area contributed by atoms with Crippen LogP contribution in [0.3, 0.4) is 0 Å². The number of hydrogen-bond donors (Lipinski definition) is 0. The van der Waals surface area contributed by atoms with Crippen molar-refractivity contribution in [3.8, 4) is 44.8 Å². The van der Waals surface area contributed by atoms with Gasteiger partial charge in [-0.05, 0) is 171 Å². The molecule has 13 aromatic carbocycles. The van der Waals surface area contributed by atoms with Gasteiger partial charge in [0.15, 0.2) is 0 Å². The van der Waals surface area contributed by atoms with Crippen LogP contribution in [0.25, 0.3) is 88.4 Å². The number of hydrogen-bond acceptors (Lipinski definition) is 2. The van der Waals surface area contributed by atoms with Crippen molar-refractivity contribution >= 4 is 77.7 Å². The van der Waals surface area contributed by atoms with Crippen LogP contribution in [-0.4, -0.2) is 9.13 Å². The summed E-state index contributed by atoms with van der Waals surface area (Å²) in [6.07, 6.45) is 0. The first kappa shape index (κ1) is 46.9. The van der Waals surface area contributed by atoms with Crippen LogP contribution in [0, 0.1) is 0 Å². The van der Waals surface area contributed by atoms with Crippen LogP contribution in [0.2, 0.25) is 0 Å². The van der Waals surface area contributed by atoms with Crippen molar-refractivity contribution in [1.82, 2.24) is 9.13 Å². The van der Waals surface area contributed by atoms with Gasteiger partial charge in [-0.3, -0.25) is 0 Å². The SMILES string of the molecule is c1ccc(-c2ccc(N3c4ccccc4C4(c5ccccc53)c3ccccc3N(c3ccc(-c5ccc6c(c5)c5ccccc5n6-c5ccccc5)cc3)c3ccc(-c5ccc6c(c5)c5ccccc5n6-c5ccccc5)cc34)cc2)cc1. The van der Waals surface area contributed by atoms with Gasteiger partial charge in [-0.25, -0.2) is 0 Å². The fourth-order valence-corrected chi connectivity index (χ4v) is 14.1. The quantitative estimate of drug-likeness (QED) is 0.158. The summed E-state index contributed by atoms with van der Waals surface area (Å²) >= 11 is 0. The largest absolute Gasteiger partial charge is 0.310 e. The minimum Gasteiger partial charge on any atom is -0.310 e. The van der Waals surface area contributed by atoms with E-state index in [0.29, 0.717) is 0 Å². The number of fused-ring (bicyclic) bond motifs is 14. The Balaban J connectivity index is 0.864. The van der Waals surface area contributed by atoms with Gasteiger partial charge in [0.1, 0.15) is 0 Å². The molecule has 4 heteroatoms. The molecular weight excluding hydrogens is 1000 g/mol. The second-order valence-electron chi connectivity index (χ2n) is 22.0. The van der Waals surface area contributed by atoms with E-state index in [-0.39, 0.29) is 0 Å². The lowest BCUT2D eigenvalue weighted by molar-refractivity contribution is 0.719. The lowest BCUT2D eigenvalue weighted by Crippen LogP contribution is -2.42. The van der Waals surface area contributed by atoms with E-state index in [4.69, 9.17) is 0 Å². The smallest absolute Gasteiger partial charge is 0.0783 e. The molecule has 0 N–H and O–H groups in total. The number of rotatable bonds is 7. The van der Waals surface area contributed by atoms with Gasteiger partial charge in [-0.15, -0.1) is 0 Å². The molecule has 4 nitrogen and oxygen atoms in total. The molecule has 17 rings (SSSR count). The number of aromatic nitrogens is 2. The fourth-order valence-electron chi connectivity index (χ4n) is 14.1. The lowest BCUT2D eigenvalue weighted by atomic mass is 9.60. The van der Waals surface area contributed by atoms with Gasteiger partial charge in [0.2, 0.25) is 0 Å². The van der Waals surface area contributed by atoms with E-state index >= 15 is 0 Å². The molecule has 2 aliphatic heterocycles. The Morgan fingerprint density at radius 1 is 0.193 bits per heavy atom. The van der Waals surface area contributed by atoms with Gasteiger partial charge in [0, 0.05) is 44.3 Å². The zero-order valence-electron chi connectivity index (χ0n) is 45.3. The average Bonchev–Trinajstić information content (AvgIpc) is 1.76. The second kappa shape index (κ2) is 18.6. The molecule has 0 saturated carbocycles. The van der Waals surface area contributed by atoms with Gasteiger partial charge in [-0.1, -0.05) is 200 Å². The van der Waals surface area contributed by atoms with Crippen molar-refractivity contribution in [3.05, 3.63) is 338 Å². The van der Waals surface area contributed by atoms with Crippen molar-refractivity contribution in [2.45, 2.75) is 5.41 Å². The number of anilines is 6. The standard InChI is InChI=1S/C79H52N4/c1-4-20-53(21-5-1)54-36-43-61(44-37-54)82-75-33-17-12-28-67(75)79(68-29-13-18-34-76(68)82)69-30-14-19-35-77(69)83(62-45-38-55(39-46-62)56-40-47-73-65(50-56)63-26-10-15-31-71(63)80(73)59-22-6-2-7-23-59)78-49-42-58(52-70(78)79)57-41-48-74-66(51-57)64-27-11-16-32-72(64)81(74)60-24-8-3-9-25-60/h1-52H. The molecule has 0 bridgehead atoms. The van der Waals surface area contributed by atoms with Crippen LogP contribution in [0.15, 0.2) is 315 Å². The maximum Gasteiger partial charge on any atom is 0.0783 e. The maximum absolute atomic E-state index is 2.52.